The summed E-state index contributed by atoms with van der Waals surface area (Å²) >= 11 is 0. The summed E-state index contributed by atoms with van der Waals surface area (Å²) in [5.74, 6) is 1.54. The number of furan rings is 1. The first-order valence-electron chi connectivity index (χ1n) is 6.62. The molecule has 3 aromatic rings. The van der Waals surface area contributed by atoms with Crippen LogP contribution in [-0.4, -0.2) is 17.3 Å². The highest BCUT2D eigenvalue weighted by atomic mass is 16.5. The van der Waals surface area contributed by atoms with E-state index < -0.39 is 0 Å². The Balaban J connectivity index is 2.27. The Morgan fingerprint density at radius 1 is 1.05 bits per heavy atom. The van der Waals surface area contributed by atoms with Gasteiger partial charge in [-0.15, -0.1) is 0 Å². The van der Waals surface area contributed by atoms with E-state index in [1.54, 1.807) is 38.3 Å². The lowest BCUT2D eigenvalue weighted by molar-refractivity contribution is 0.402. The Kier molecular flexibility index (Phi) is 3.01. The first kappa shape index (κ1) is 13.4. The van der Waals surface area contributed by atoms with Gasteiger partial charge in [0.1, 0.15) is 28.6 Å². The van der Waals surface area contributed by atoms with Crippen molar-refractivity contribution < 1.29 is 19.4 Å². The fourth-order valence-corrected chi connectivity index (χ4v) is 2.52. The third-order valence-corrected chi connectivity index (χ3v) is 3.78. The molecule has 0 aliphatic heterocycles. The minimum absolute atomic E-state index is 0.170. The summed E-state index contributed by atoms with van der Waals surface area (Å²) in [5.41, 5.74) is 2.75. The fourth-order valence-electron chi connectivity index (χ4n) is 2.52. The summed E-state index contributed by atoms with van der Waals surface area (Å²) in [5, 5.41) is 20.7. The Hall–Kier alpha value is -2.62. The topological polar surface area (TPSA) is 62.8 Å². The van der Waals surface area contributed by atoms with E-state index >= 15 is 0 Å². The average Bonchev–Trinajstić information content (AvgIpc) is 2.90. The molecule has 0 saturated heterocycles. The number of aromatic hydroxyl groups is 2. The maximum atomic E-state index is 10.2. The number of benzene rings is 2. The smallest absolute Gasteiger partial charge is 0.138 e. The van der Waals surface area contributed by atoms with Gasteiger partial charge in [0.15, 0.2) is 0 Å². The molecule has 0 bridgehead atoms. The Morgan fingerprint density at radius 3 is 2.48 bits per heavy atom. The number of hydrogen-bond acceptors (Lipinski definition) is 4. The van der Waals surface area contributed by atoms with Crippen molar-refractivity contribution in [1.29, 1.82) is 0 Å². The van der Waals surface area contributed by atoms with Crippen molar-refractivity contribution in [2.45, 2.75) is 13.8 Å². The molecule has 3 rings (SSSR count). The van der Waals surface area contributed by atoms with E-state index in [1.165, 1.54) is 0 Å². The van der Waals surface area contributed by atoms with Crippen LogP contribution in [0.2, 0.25) is 0 Å². The van der Waals surface area contributed by atoms with E-state index in [0.29, 0.717) is 33.6 Å². The van der Waals surface area contributed by atoms with Crippen LogP contribution in [0.4, 0.5) is 0 Å². The molecule has 0 saturated carbocycles. The predicted octanol–water partition coefficient (Wildman–Crippen LogP) is 4.14. The predicted molar refractivity (Wildman–Crippen MR) is 81.0 cm³/mol. The number of hydrogen-bond donors (Lipinski definition) is 2. The second kappa shape index (κ2) is 4.74. The van der Waals surface area contributed by atoms with Gasteiger partial charge in [-0.05, 0) is 38.1 Å². The molecule has 1 heterocycles. The maximum Gasteiger partial charge on any atom is 0.138 e. The van der Waals surface area contributed by atoms with E-state index in [4.69, 9.17) is 9.15 Å². The highest BCUT2D eigenvalue weighted by molar-refractivity contribution is 5.89. The Bertz CT molecular complexity index is 830. The molecule has 0 aliphatic carbocycles. The highest BCUT2D eigenvalue weighted by Crippen LogP contribution is 2.40. The first-order valence-corrected chi connectivity index (χ1v) is 6.62. The van der Waals surface area contributed by atoms with E-state index in [9.17, 15) is 10.2 Å². The van der Waals surface area contributed by atoms with E-state index in [0.717, 1.165) is 5.56 Å². The van der Waals surface area contributed by atoms with Gasteiger partial charge in [-0.3, -0.25) is 0 Å². The molecule has 0 radical (unpaired) electrons. The highest BCUT2D eigenvalue weighted by Gasteiger charge is 2.17. The van der Waals surface area contributed by atoms with Crippen molar-refractivity contribution in [2.24, 2.45) is 0 Å². The number of ether oxygens (including phenoxy) is 1. The summed E-state index contributed by atoms with van der Waals surface area (Å²) in [6.07, 6.45) is 0. The summed E-state index contributed by atoms with van der Waals surface area (Å²) in [6.45, 7) is 3.62. The van der Waals surface area contributed by atoms with Crippen molar-refractivity contribution in [3.8, 4) is 28.6 Å². The molecule has 4 heteroatoms. The first-order chi connectivity index (χ1) is 10.0. The standard InChI is InChI=1S/C17H16O4/c1-9-11(7-15(20-3)10(2)17(9)19)16-8-12-13(18)5-4-6-14(12)21-16/h4-8,18-19H,1-3H3. The van der Waals surface area contributed by atoms with Crippen LogP contribution in [0.1, 0.15) is 11.1 Å². The summed E-state index contributed by atoms with van der Waals surface area (Å²) in [4.78, 5) is 0. The number of fused-ring (bicyclic) bond motifs is 1. The molecular formula is C17H16O4. The minimum Gasteiger partial charge on any atom is -0.507 e. The molecule has 0 unspecified atom stereocenters. The maximum absolute atomic E-state index is 10.2. The second-order valence-corrected chi connectivity index (χ2v) is 5.02. The van der Waals surface area contributed by atoms with Crippen LogP contribution in [-0.2, 0) is 0 Å². The van der Waals surface area contributed by atoms with Crippen LogP contribution < -0.4 is 4.74 Å². The molecule has 2 aromatic carbocycles. The van der Waals surface area contributed by atoms with Gasteiger partial charge in [0.25, 0.3) is 0 Å². The molecule has 4 nitrogen and oxygen atoms in total. The number of phenolic OH excluding ortho intramolecular Hbond substituents is 2. The molecule has 0 amide bonds. The van der Waals surface area contributed by atoms with Gasteiger partial charge in [-0.2, -0.15) is 0 Å². The van der Waals surface area contributed by atoms with Crippen molar-refractivity contribution >= 4 is 11.0 Å². The third-order valence-electron chi connectivity index (χ3n) is 3.78. The molecular weight excluding hydrogens is 268 g/mol. The monoisotopic (exact) mass is 284 g/mol. The number of phenols is 2. The van der Waals surface area contributed by atoms with Crippen LogP contribution in [0.3, 0.4) is 0 Å². The van der Waals surface area contributed by atoms with E-state index in [-0.39, 0.29) is 11.5 Å². The molecule has 0 spiro atoms. The van der Waals surface area contributed by atoms with Gasteiger partial charge in [0.05, 0.1) is 12.5 Å². The van der Waals surface area contributed by atoms with Gasteiger partial charge >= 0.3 is 0 Å². The normalized spacial score (nSPS) is 11.0. The zero-order chi connectivity index (χ0) is 15.1. The molecule has 21 heavy (non-hydrogen) atoms. The molecule has 0 atom stereocenters. The quantitative estimate of drug-likeness (QED) is 0.742. The third kappa shape index (κ3) is 2.00. The molecule has 1 aromatic heterocycles. The van der Waals surface area contributed by atoms with Gasteiger partial charge in [0.2, 0.25) is 0 Å². The van der Waals surface area contributed by atoms with E-state index in [1.807, 2.05) is 13.0 Å². The van der Waals surface area contributed by atoms with Gasteiger partial charge < -0.3 is 19.4 Å². The van der Waals surface area contributed by atoms with Crippen LogP contribution in [0.15, 0.2) is 34.7 Å². The zero-order valence-electron chi connectivity index (χ0n) is 12.1. The SMILES string of the molecule is COc1cc(-c2cc3c(O)cccc3o2)c(C)c(O)c1C. The van der Waals surface area contributed by atoms with Crippen LogP contribution in [0, 0.1) is 13.8 Å². The van der Waals surface area contributed by atoms with Gasteiger partial charge in [0, 0.05) is 16.7 Å². The number of rotatable bonds is 2. The summed E-state index contributed by atoms with van der Waals surface area (Å²) in [6, 6.07) is 8.73. The lowest BCUT2D eigenvalue weighted by atomic mass is 10.0. The molecule has 0 fully saturated rings. The zero-order valence-corrected chi connectivity index (χ0v) is 12.1. The van der Waals surface area contributed by atoms with Crippen molar-refractivity contribution in [2.75, 3.05) is 7.11 Å². The van der Waals surface area contributed by atoms with Gasteiger partial charge in [-0.25, -0.2) is 0 Å². The minimum atomic E-state index is 0.170. The van der Waals surface area contributed by atoms with Crippen LogP contribution >= 0.6 is 0 Å². The molecule has 2 N–H and O–H groups in total. The van der Waals surface area contributed by atoms with Crippen molar-refractivity contribution in [3.05, 3.63) is 41.5 Å². The number of methoxy groups -OCH3 is 1. The average molecular weight is 284 g/mol. The second-order valence-electron chi connectivity index (χ2n) is 5.02. The molecule has 108 valence electrons. The lowest BCUT2D eigenvalue weighted by Gasteiger charge is -2.12. The van der Waals surface area contributed by atoms with Gasteiger partial charge in [-0.1, -0.05) is 6.07 Å². The summed E-state index contributed by atoms with van der Waals surface area (Å²) in [7, 11) is 1.56. The Morgan fingerprint density at radius 2 is 1.81 bits per heavy atom. The van der Waals surface area contributed by atoms with Crippen molar-refractivity contribution in [3.63, 3.8) is 0 Å². The fraction of sp³-hybridized carbons (Fsp3) is 0.176. The van der Waals surface area contributed by atoms with E-state index in [2.05, 4.69) is 0 Å². The summed E-state index contributed by atoms with van der Waals surface area (Å²) < 4.78 is 11.1. The molecule has 0 aliphatic rings. The largest absolute Gasteiger partial charge is 0.507 e. The van der Waals surface area contributed by atoms with Crippen LogP contribution in [0.25, 0.3) is 22.3 Å². The van der Waals surface area contributed by atoms with Crippen molar-refractivity contribution in [1.82, 2.24) is 0 Å². The van der Waals surface area contributed by atoms with Crippen LogP contribution in [0.5, 0.6) is 17.2 Å². The Labute approximate surface area is 122 Å². The lowest BCUT2D eigenvalue weighted by Crippen LogP contribution is -1.92.